The molecule has 15 heteroatoms. The van der Waals surface area contributed by atoms with Gasteiger partial charge in [-0.25, -0.2) is 4.98 Å². The van der Waals surface area contributed by atoms with E-state index in [1.54, 1.807) is 41.9 Å². The van der Waals surface area contributed by atoms with Crippen molar-refractivity contribution in [3.05, 3.63) is 120 Å². The largest absolute Gasteiger partial charge is 0.508 e. The molecule has 1 amide bonds. The smallest absolute Gasteiger partial charge is 0.298 e. The average Bonchev–Trinajstić information content (AvgIpc) is 3.97. The first kappa shape index (κ1) is 45.7. The molecule has 0 saturated carbocycles. The van der Waals surface area contributed by atoms with Crippen LogP contribution in [0.25, 0.3) is 54.5 Å². The second-order valence-electron chi connectivity index (χ2n) is 14.9. The van der Waals surface area contributed by atoms with Crippen molar-refractivity contribution in [2.45, 2.75) is 26.8 Å². The molecule has 332 valence electrons. The van der Waals surface area contributed by atoms with E-state index in [9.17, 15) is 19.5 Å². The summed E-state index contributed by atoms with van der Waals surface area (Å²) in [5.41, 5.74) is 14.4. The quantitative estimate of drug-likeness (QED) is 0.0371. The summed E-state index contributed by atoms with van der Waals surface area (Å²) < 4.78 is 24.0. The number of fused-ring (bicyclic) bond motifs is 3. The molecule has 0 saturated heterocycles. The van der Waals surface area contributed by atoms with E-state index >= 15 is 0 Å². The highest BCUT2D eigenvalue weighted by atomic mass is 32.1. The van der Waals surface area contributed by atoms with Crippen LogP contribution in [0.5, 0.6) is 5.75 Å². The number of nitrogens with zero attached hydrogens (tertiary/aromatic N) is 3. The van der Waals surface area contributed by atoms with Gasteiger partial charge >= 0.3 is 0 Å². The van der Waals surface area contributed by atoms with Crippen LogP contribution in [0.3, 0.4) is 0 Å². The summed E-state index contributed by atoms with van der Waals surface area (Å²) in [7, 11) is 0. The predicted octanol–water partition coefficient (Wildman–Crippen LogP) is 7.31. The summed E-state index contributed by atoms with van der Waals surface area (Å²) in [4.78, 5) is 47.8. The van der Waals surface area contributed by atoms with Gasteiger partial charge in [-0.05, 0) is 76.5 Å². The zero-order valence-corrected chi connectivity index (χ0v) is 36.7. The van der Waals surface area contributed by atoms with Gasteiger partial charge in [0.2, 0.25) is 5.78 Å². The number of rotatable bonds is 23. The molecule has 5 N–H and O–H groups in total. The summed E-state index contributed by atoms with van der Waals surface area (Å²) in [5.74, 6) is -0.780. The van der Waals surface area contributed by atoms with E-state index in [0.29, 0.717) is 90.2 Å². The third-order valence-electron chi connectivity index (χ3n) is 10.6. The van der Waals surface area contributed by atoms with Gasteiger partial charge in [-0.1, -0.05) is 49.4 Å². The lowest BCUT2D eigenvalue weighted by molar-refractivity contribution is -0.113. The summed E-state index contributed by atoms with van der Waals surface area (Å²) in [5, 5.41) is 19.8. The van der Waals surface area contributed by atoms with Gasteiger partial charge in [0.1, 0.15) is 17.3 Å². The Bertz CT molecular complexity index is 2680. The number of aromatic hydroxyl groups is 1. The van der Waals surface area contributed by atoms with Crippen molar-refractivity contribution in [3.63, 3.8) is 0 Å². The van der Waals surface area contributed by atoms with Crippen molar-refractivity contribution in [1.82, 2.24) is 25.2 Å². The maximum absolute atomic E-state index is 13.0. The van der Waals surface area contributed by atoms with E-state index in [2.05, 4.69) is 32.7 Å². The van der Waals surface area contributed by atoms with Crippen LogP contribution in [0.15, 0.2) is 103 Å². The Labute approximate surface area is 375 Å². The number of hydrogen-bond acceptors (Lipinski definition) is 13. The number of carbonyl (C=O) groups excluding carboxylic acids is 3. The Morgan fingerprint density at radius 2 is 1.42 bits per heavy atom. The number of carbonyl (C=O) groups is 3. The van der Waals surface area contributed by atoms with E-state index in [-0.39, 0.29) is 17.4 Å². The van der Waals surface area contributed by atoms with Crippen LogP contribution in [-0.2, 0) is 36.7 Å². The number of amides is 1. The highest BCUT2D eigenvalue weighted by Crippen LogP contribution is 2.37. The molecular formula is C49H52N6O8S. The number of ether oxygens (including phenoxy) is 4. The Kier molecular flexibility index (Phi) is 15.9. The van der Waals surface area contributed by atoms with Crippen molar-refractivity contribution in [1.29, 1.82) is 0 Å². The standard InChI is InChI=1S/C49H52N6O8S/c1-3-38-41(31-54-47(50)46(38)34-7-11-37(57)12-8-34)36-10-14-42(53-30-36)48(58)52-17-19-61-21-23-63-25-24-62-22-20-60-18-16-51-29-33-6-15-43-40(27-33)39-13-9-35(45-5-4-26-64-45)28-44(39)55(43)49(59)32(2)56/h4-15,26-28,30-31,51,57H,3,16-25,29H2,1-2H3,(H2,50,54)(H,52,58). The first-order valence-corrected chi connectivity index (χ1v) is 22.1. The third kappa shape index (κ3) is 11.2. The van der Waals surface area contributed by atoms with E-state index in [0.717, 1.165) is 60.1 Å². The number of benzene rings is 3. The van der Waals surface area contributed by atoms with Crippen LogP contribution in [0.2, 0.25) is 0 Å². The van der Waals surface area contributed by atoms with Crippen LogP contribution < -0.4 is 16.4 Å². The van der Waals surface area contributed by atoms with Gasteiger partial charge in [0.15, 0.2) is 0 Å². The normalized spacial score (nSPS) is 11.4. The lowest BCUT2D eigenvalue weighted by Crippen LogP contribution is -2.28. The van der Waals surface area contributed by atoms with E-state index < -0.39 is 11.7 Å². The summed E-state index contributed by atoms with van der Waals surface area (Å²) in [6, 6.07) is 26.4. The van der Waals surface area contributed by atoms with Crippen LogP contribution in [0.4, 0.5) is 5.82 Å². The number of nitrogens with one attached hydrogen (secondary N) is 2. The van der Waals surface area contributed by atoms with Crippen molar-refractivity contribution >= 4 is 56.6 Å². The Morgan fingerprint density at radius 3 is 2.08 bits per heavy atom. The Hall–Kier alpha value is -6.33. The molecular weight excluding hydrogens is 833 g/mol. The molecule has 4 aromatic heterocycles. The minimum absolute atomic E-state index is 0.173. The average molecular weight is 885 g/mol. The lowest BCUT2D eigenvalue weighted by Gasteiger charge is -2.16. The molecule has 0 aliphatic heterocycles. The fourth-order valence-corrected chi connectivity index (χ4v) is 8.16. The number of phenols is 1. The molecule has 4 heterocycles. The zero-order valence-electron chi connectivity index (χ0n) is 35.9. The number of nitrogens with two attached hydrogens (primary N) is 1. The van der Waals surface area contributed by atoms with E-state index in [1.165, 1.54) is 11.5 Å². The molecule has 7 aromatic rings. The molecule has 64 heavy (non-hydrogen) atoms. The van der Waals surface area contributed by atoms with Crippen LogP contribution in [0, 0.1) is 0 Å². The minimum atomic E-state index is -0.549. The molecule has 0 radical (unpaired) electrons. The molecule has 14 nitrogen and oxygen atoms in total. The van der Waals surface area contributed by atoms with Gasteiger partial charge in [0.05, 0.1) is 63.9 Å². The number of thiophene rings is 1. The van der Waals surface area contributed by atoms with Crippen LogP contribution in [0.1, 0.15) is 40.3 Å². The van der Waals surface area contributed by atoms with Crippen molar-refractivity contribution < 1.29 is 38.4 Å². The number of nitrogen functional groups attached to an aromatic ring is 1. The number of ketones is 1. The molecule has 7 rings (SSSR count). The molecule has 0 aliphatic carbocycles. The number of phenolic OH excluding ortho intramolecular Hbond substituents is 1. The molecule has 0 aliphatic rings. The highest BCUT2D eigenvalue weighted by Gasteiger charge is 2.21. The minimum Gasteiger partial charge on any atom is -0.508 e. The van der Waals surface area contributed by atoms with Crippen molar-refractivity contribution in [2.75, 3.05) is 71.7 Å². The van der Waals surface area contributed by atoms with Crippen LogP contribution >= 0.6 is 11.3 Å². The van der Waals surface area contributed by atoms with Crippen molar-refractivity contribution in [2.24, 2.45) is 0 Å². The highest BCUT2D eigenvalue weighted by molar-refractivity contribution is 7.13. The zero-order chi connectivity index (χ0) is 44.8. The fourth-order valence-electron chi connectivity index (χ4n) is 7.44. The maximum Gasteiger partial charge on any atom is 0.298 e. The molecule has 0 unspecified atom stereocenters. The molecule has 0 bridgehead atoms. The number of anilines is 1. The number of hydrogen-bond donors (Lipinski definition) is 4. The SMILES string of the molecule is CCc1c(-c2ccc(C(=O)NCCOCCOCCOCCOCCNCc3ccc4c(c3)c3ccc(-c5cccs5)cc3n4C(=O)C(C)=O)nc2)cnc(N)c1-c1ccc(O)cc1. The van der Waals surface area contributed by atoms with Crippen molar-refractivity contribution in [3.8, 4) is 38.4 Å². The molecule has 0 atom stereocenters. The van der Waals surface area contributed by atoms with E-state index in [1.807, 2.05) is 66.9 Å². The summed E-state index contributed by atoms with van der Waals surface area (Å²) in [6.07, 6.45) is 4.08. The van der Waals surface area contributed by atoms with Crippen LogP contribution in [-0.4, -0.2) is 103 Å². The second-order valence-corrected chi connectivity index (χ2v) is 15.8. The monoisotopic (exact) mass is 884 g/mol. The summed E-state index contributed by atoms with van der Waals surface area (Å²) >= 11 is 1.63. The Morgan fingerprint density at radius 1 is 0.734 bits per heavy atom. The fraction of sp³-hybridized carbons (Fsp3) is 0.286. The number of pyridine rings is 2. The molecule has 0 spiro atoms. The van der Waals surface area contributed by atoms with Gasteiger partial charge in [0, 0.05) is 71.3 Å². The first-order chi connectivity index (χ1) is 31.2. The molecule has 3 aromatic carbocycles. The lowest BCUT2D eigenvalue weighted by atomic mass is 9.92. The predicted molar refractivity (Wildman–Crippen MR) is 250 cm³/mol. The van der Waals surface area contributed by atoms with Gasteiger partial charge in [-0.3, -0.25) is 23.9 Å². The first-order valence-electron chi connectivity index (χ1n) is 21.2. The van der Waals surface area contributed by atoms with Gasteiger partial charge in [-0.15, -0.1) is 11.3 Å². The van der Waals surface area contributed by atoms with Gasteiger partial charge in [-0.2, -0.15) is 0 Å². The maximum atomic E-state index is 13.0. The second kappa shape index (κ2) is 22.3. The Balaban J connectivity index is 0.726. The summed E-state index contributed by atoms with van der Waals surface area (Å²) in [6.45, 7) is 8.35. The van der Waals surface area contributed by atoms with Gasteiger partial charge in [0.25, 0.3) is 11.8 Å². The van der Waals surface area contributed by atoms with E-state index in [4.69, 9.17) is 24.7 Å². The number of Topliss-reactive ketones (excluding diaryl/α,β-unsaturated/α-hetero) is 1. The van der Waals surface area contributed by atoms with Gasteiger partial charge < -0.3 is 40.4 Å². The topological polar surface area (TPSA) is 189 Å². The molecule has 0 fully saturated rings. The third-order valence-corrected chi connectivity index (χ3v) is 11.5. The number of aromatic nitrogens is 3.